The number of hydrogen-bond donors (Lipinski definition) is 1. The van der Waals surface area contributed by atoms with Gasteiger partial charge in [0.1, 0.15) is 12.0 Å². The minimum atomic E-state index is 0.579. The Labute approximate surface area is 162 Å². The van der Waals surface area contributed by atoms with Crippen LogP contribution in [0.25, 0.3) is 6.08 Å². The molecule has 1 aliphatic rings. The second kappa shape index (κ2) is 10.7. The van der Waals surface area contributed by atoms with Crippen LogP contribution in [-0.4, -0.2) is 26.0 Å². The van der Waals surface area contributed by atoms with Gasteiger partial charge in [0, 0.05) is 19.5 Å². The summed E-state index contributed by atoms with van der Waals surface area (Å²) < 4.78 is 5.96. The molecule has 3 heteroatoms. The number of carbonyl (C=O) groups excluding carboxylic acids is 1. The highest BCUT2D eigenvalue weighted by atomic mass is 16.5. The molecule has 2 aromatic carbocycles. The fourth-order valence-corrected chi connectivity index (χ4v) is 3.43. The van der Waals surface area contributed by atoms with E-state index in [1.165, 1.54) is 22.3 Å². The SMILES string of the molecule is O=CCCNCC1=Cc2ccc(OCCCCc3ccccc3)cc2CC1. The number of unbranched alkanes of at least 4 members (excludes halogenated alkanes) is 1. The molecule has 0 amide bonds. The van der Waals surface area contributed by atoms with Crippen molar-refractivity contribution in [3.8, 4) is 5.75 Å². The lowest BCUT2D eigenvalue weighted by atomic mass is 9.92. The van der Waals surface area contributed by atoms with E-state index in [-0.39, 0.29) is 0 Å². The Kier molecular flexibility index (Phi) is 7.67. The Balaban J connectivity index is 1.42. The molecule has 0 bridgehead atoms. The minimum absolute atomic E-state index is 0.579. The molecule has 142 valence electrons. The van der Waals surface area contributed by atoms with Gasteiger partial charge in [-0.05, 0) is 60.9 Å². The number of aryl methyl sites for hydroxylation is 2. The van der Waals surface area contributed by atoms with E-state index >= 15 is 0 Å². The molecule has 2 aromatic rings. The van der Waals surface area contributed by atoms with E-state index in [9.17, 15) is 4.79 Å². The van der Waals surface area contributed by atoms with Crippen LogP contribution >= 0.6 is 0 Å². The molecule has 0 heterocycles. The summed E-state index contributed by atoms with van der Waals surface area (Å²) in [6, 6.07) is 17.1. The minimum Gasteiger partial charge on any atom is -0.494 e. The number of carbonyl (C=O) groups is 1. The van der Waals surface area contributed by atoms with Crippen molar-refractivity contribution >= 4 is 12.4 Å². The maximum atomic E-state index is 10.4. The van der Waals surface area contributed by atoms with Crippen molar-refractivity contribution in [1.82, 2.24) is 5.32 Å². The van der Waals surface area contributed by atoms with E-state index in [1.807, 2.05) is 0 Å². The van der Waals surface area contributed by atoms with Crippen molar-refractivity contribution in [2.75, 3.05) is 19.7 Å². The van der Waals surface area contributed by atoms with E-state index in [0.717, 1.165) is 63.8 Å². The van der Waals surface area contributed by atoms with Crippen LogP contribution < -0.4 is 10.1 Å². The third-order valence-corrected chi connectivity index (χ3v) is 4.95. The summed E-state index contributed by atoms with van der Waals surface area (Å²) in [7, 11) is 0. The summed E-state index contributed by atoms with van der Waals surface area (Å²) in [6.45, 7) is 2.39. The summed E-state index contributed by atoms with van der Waals surface area (Å²) in [5.41, 5.74) is 5.47. The molecular weight excluding hydrogens is 334 g/mol. The molecule has 27 heavy (non-hydrogen) atoms. The lowest BCUT2D eigenvalue weighted by Gasteiger charge is -2.18. The van der Waals surface area contributed by atoms with Crippen molar-refractivity contribution in [3.63, 3.8) is 0 Å². The summed E-state index contributed by atoms with van der Waals surface area (Å²) in [6.07, 6.45) is 9.28. The van der Waals surface area contributed by atoms with E-state index in [1.54, 1.807) is 0 Å². The zero-order chi connectivity index (χ0) is 18.7. The first-order valence-electron chi connectivity index (χ1n) is 9.98. The second-order valence-corrected chi connectivity index (χ2v) is 7.09. The largest absolute Gasteiger partial charge is 0.494 e. The summed E-state index contributed by atoms with van der Waals surface area (Å²) in [5.74, 6) is 0.981. The molecule has 3 rings (SSSR count). The monoisotopic (exact) mass is 363 g/mol. The lowest BCUT2D eigenvalue weighted by molar-refractivity contribution is -0.107. The van der Waals surface area contributed by atoms with Crippen LogP contribution in [-0.2, 0) is 17.6 Å². The Morgan fingerprint density at radius 3 is 2.78 bits per heavy atom. The predicted molar refractivity (Wildman–Crippen MR) is 111 cm³/mol. The van der Waals surface area contributed by atoms with Gasteiger partial charge in [-0.3, -0.25) is 0 Å². The first kappa shape index (κ1) is 19.4. The average molecular weight is 364 g/mol. The fourth-order valence-electron chi connectivity index (χ4n) is 3.43. The Hall–Kier alpha value is -2.39. The van der Waals surface area contributed by atoms with Gasteiger partial charge in [-0.2, -0.15) is 0 Å². The molecule has 0 saturated carbocycles. The number of fused-ring (bicyclic) bond motifs is 1. The molecule has 0 fully saturated rings. The molecule has 0 unspecified atom stereocenters. The van der Waals surface area contributed by atoms with Gasteiger partial charge in [0.25, 0.3) is 0 Å². The Bertz CT molecular complexity index is 752. The van der Waals surface area contributed by atoms with Crippen LogP contribution in [0.15, 0.2) is 54.1 Å². The van der Waals surface area contributed by atoms with Gasteiger partial charge in [-0.1, -0.05) is 48.0 Å². The molecule has 0 radical (unpaired) electrons. The third-order valence-electron chi connectivity index (χ3n) is 4.95. The fraction of sp³-hybridized carbons (Fsp3) is 0.375. The summed E-state index contributed by atoms with van der Waals surface area (Å²) >= 11 is 0. The van der Waals surface area contributed by atoms with Crippen LogP contribution in [0, 0.1) is 0 Å². The van der Waals surface area contributed by atoms with Crippen molar-refractivity contribution < 1.29 is 9.53 Å². The number of rotatable bonds is 11. The number of benzene rings is 2. The van der Waals surface area contributed by atoms with Crippen LogP contribution in [0.3, 0.4) is 0 Å². The van der Waals surface area contributed by atoms with Gasteiger partial charge in [0.05, 0.1) is 6.61 Å². The van der Waals surface area contributed by atoms with Crippen molar-refractivity contribution in [3.05, 3.63) is 70.8 Å². The van der Waals surface area contributed by atoms with Crippen molar-refractivity contribution in [2.24, 2.45) is 0 Å². The van der Waals surface area contributed by atoms with Gasteiger partial charge >= 0.3 is 0 Å². The maximum absolute atomic E-state index is 10.4. The summed E-state index contributed by atoms with van der Waals surface area (Å²) in [5, 5.41) is 3.33. The van der Waals surface area contributed by atoms with E-state index in [2.05, 4.69) is 59.9 Å². The first-order valence-corrected chi connectivity index (χ1v) is 9.98. The Morgan fingerprint density at radius 1 is 1.04 bits per heavy atom. The highest BCUT2D eigenvalue weighted by Crippen LogP contribution is 2.27. The second-order valence-electron chi connectivity index (χ2n) is 7.09. The van der Waals surface area contributed by atoms with Gasteiger partial charge in [-0.15, -0.1) is 0 Å². The van der Waals surface area contributed by atoms with E-state index in [0.29, 0.717) is 6.42 Å². The normalized spacial score (nSPS) is 13.0. The smallest absolute Gasteiger partial charge is 0.121 e. The van der Waals surface area contributed by atoms with E-state index < -0.39 is 0 Å². The quantitative estimate of drug-likeness (QED) is 0.468. The topological polar surface area (TPSA) is 38.3 Å². The zero-order valence-corrected chi connectivity index (χ0v) is 16.0. The van der Waals surface area contributed by atoms with E-state index in [4.69, 9.17) is 4.74 Å². The highest BCUT2D eigenvalue weighted by Gasteiger charge is 2.11. The van der Waals surface area contributed by atoms with Crippen molar-refractivity contribution in [1.29, 1.82) is 0 Å². The first-order chi connectivity index (χ1) is 13.3. The molecule has 0 aliphatic heterocycles. The van der Waals surface area contributed by atoms with Gasteiger partial charge in [0.15, 0.2) is 0 Å². The molecule has 1 aliphatic carbocycles. The maximum Gasteiger partial charge on any atom is 0.121 e. The van der Waals surface area contributed by atoms with Crippen LogP contribution in [0.1, 0.15) is 42.4 Å². The van der Waals surface area contributed by atoms with Gasteiger partial charge < -0.3 is 14.8 Å². The standard InChI is InChI=1S/C24H29NO2/c26-15-6-14-25-19-21-10-11-23-18-24(13-12-22(23)17-21)27-16-5-4-9-20-7-2-1-3-8-20/h1-3,7-8,12-13,15,17-18,25H,4-6,9-11,14,16,19H2. The number of ether oxygens (including phenoxy) is 1. The number of aldehydes is 1. The predicted octanol–water partition coefficient (Wildman–Crippen LogP) is 4.60. The Morgan fingerprint density at radius 2 is 1.93 bits per heavy atom. The van der Waals surface area contributed by atoms with Crippen LogP contribution in [0.5, 0.6) is 5.75 Å². The average Bonchev–Trinajstić information content (AvgIpc) is 2.72. The molecule has 3 nitrogen and oxygen atoms in total. The van der Waals surface area contributed by atoms with Gasteiger partial charge in [0.2, 0.25) is 0 Å². The van der Waals surface area contributed by atoms with Crippen LogP contribution in [0.4, 0.5) is 0 Å². The van der Waals surface area contributed by atoms with Crippen molar-refractivity contribution in [2.45, 2.75) is 38.5 Å². The molecular formula is C24H29NO2. The lowest BCUT2D eigenvalue weighted by Crippen LogP contribution is -2.20. The number of hydrogen-bond acceptors (Lipinski definition) is 3. The molecule has 0 saturated heterocycles. The van der Waals surface area contributed by atoms with Gasteiger partial charge in [-0.25, -0.2) is 0 Å². The highest BCUT2D eigenvalue weighted by molar-refractivity contribution is 5.61. The van der Waals surface area contributed by atoms with Crippen LogP contribution in [0.2, 0.25) is 0 Å². The number of nitrogens with one attached hydrogen (secondary N) is 1. The molecule has 0 spiro atoms. The molecule has 0 atom stereocenters. The zero-order valence-electron chi connectivity index (χ0n) is 16.0. The molecule has 0 aromatic heterocycles. The molecule has 1 N–H and O–H groups in total. The third kappa shape index (κ3) is 6.37. The summed E-state index contributed by atoms with van der Waals surface area (Å²) in [4.78, 5) is 10.4.